The van der Waals surface area contributed by atoms with E-state index in [2.05, 4.69) is 29.0 Å². The van der Waals surface area contributed by atoms with Gasteiger partial charge in [0.2, 0.25) is 0 Å². The molecule has 0 bridgehead atoms. The molecule has 0 aromatic heterocycles. The van der Waals surface area contributed by atoms with Gasteiger partial charge >= 0.3 is 0 Å². The third-order valence-electron chi connectivity index (χ3n) is 2.02. The minimum absolute atomic E-state index is 1.03. The summed E-state index contributed by atoms with van der Waals surface area (Å²) in [6, 6.07) is 0. The van der Waals surface area contributed by atoms with Gasteiger partial charge in [-0.25, -0.2) is 4.99 Å². The molecule has 0 fully saturated rings. The molecule has 13 heavy (non-hydrogen) atoms. The van der Waals surface area contributed by atoms with Crippen LogP contribution in [0.4, 0.5) is 0 Å². The van der Waals surface area contributed by atoms with Crippen LogP contribution < -0.4 is 0 Å². The van der Waals surface area contributed by atoms with Crippen molar-refractivity contribution < 1.29 is 0 Å². The minimum Gasteiger partial charge on any atom is -0.248 e. The summed E-state index contributed by atoms with van der Waals surface area (Å²) in [6.45, 7) is 0. The van der Waals surface area contributed by atoms with Crippen LogP contribution in [-0.4, -0.2) is 5.71 Å². The van der Waals surface area contributed by atoms with Crippen LogP contribution in [0.3, 0.4) is 0 Å². The Labute approximate surface area is 78.2 Å². The molecular formula is C12H11N. The van der Waals surface area contributed by atoms with Crippen LogP contribution in [0, 0.1) is 0 Å². The topological polar surface area (TPSA) is 12.4 Å². The highest BCUT2D eigenvalue weighted by Gasteiger charge is 2.02. The van der Waals surface area contributed by atoms with Crippen LogP contribution in [0.2, 0.25) is 0 Å². The van der Waals surface area contributed by atoms with Crippen molar-refractivity contribution >= 4 is 5.71 Å². The molecule has 2 rings (SSSR count). The zero-order chi connectivity index (χ0) is 8.93. The largest absolute Gasteiger partial charge is 0.248 e. The number of allylic oxidation sites excluding steroid dienone is 7. The van der Waals surface area contributed by atoms with Gasteiger partial charge in [0, 0.05) is 0 Å². The van der Waals surface area contributed by atoms with Crippen LogP contribution >= 0.6 is 0 Å². The maximum absolute atomic E-state index is 4.29. The predicted octanol–water partition coefficient (Wildman–Crippen LogP) is 2.94. The number of nitrogens with zero attached hydrogens (tertiary/aromatic N) is 1. The molecule has 2 aliphatic rings. The molecule has 64 valence electrons. The highest BCUT2D eigenvalue weighted by molar-refractivity contribution is 6.10. The summed E-state index contributed by atoms with van der Waals surface area (Å²) in [5, 5.41) is 0. The van der Waals surface area contributed by atoms with Crippen LogP contribution in [0.15, 0.2) is 59.0 Å². The van der Waals surface area contributed by atoms with E-state index in [-0.39, 0.29) is 0 Å². The second-order valence-electron chi connectivity index (χ2n) is 2.98. The first kappa shape index (κ1) is 8.03. The van der Waals surface area contributed by atoms with E-state index in [4.69, 9.17) is 0 Å². The van der Waals surface area contributed by atoms with Gasteiger partial charge < -0.3 is 0 Å². The van der Waals surface area contributed by atoms with Crippen molar-refractivity contribution in [1.82, 2.24) is 0 Å². The zero-order valence-electron chi connectivity index (χ0n) is 7.40. The van der Waals surface area contributed by atoms with Crippen LogP contribution in [0.5, 0.6) is 0 Å². The Kier molecular flexibility index (Phi) is 2.40. The Morgan fingerprint density at radius 2 is 2.23 bits per heavy atom. The summed E-state index contributed by atoms with van der Waals surface area (Å²) in [5.41, 5.74) is 5.18. The first-order valence-corrected chi connectivity index (χ1v) is 4.49. The molecule has 0 unspecified atom stereocenters. The standard InChI is InChI=1S/C12H11N/c1-3-7-11(8-4-1)12-9-5-2-6-10-13-12/h2-3,5,7-10H,1,4H2. The number of hydrogen-bond donors (Lipinski definition) is 0. The van der Waals surface area contributed by atoms with Gasteiger partial charge in [0.05, 0.1) is 11.9 Å². The molecule has 1 heterocycles. The first-order chi connectivity index (χ1) is 6.47. The molecule has 1 nitrogen and oxygen atoms in total. The first-order valence-electron chi connectivity index (χ1n) is 4.49. The summed E-state index contributed by atoms with van der Waals surface area (Å²) < 4.78 is 0. The second kappa shape index (κ2) is 3.88. The van der Waals surface area contributed by atoms with Gasteiger partial charge in [-0.05, 0) is 30.6 Å². The Morgan fingerprint density at radius 3 is 3.08 bits per heavy atom. The van der Waals surface area contributed by atoms with E-state index < -0.39 is 0 Å². The van der Waals surface area contributed by atoms with Gasteiger partial charge in [0.25, 0.3) is 0 Å². The number of hydrogen-bond acceptors (Lipinski definition) is 1. The van der Waals surface area contributed by atoms with Crippen LogP contribution in [0.1, 0.15) is 12.8 Å². The molecule has 0 spiro atoms. The Morgan fingerprint density at radius 1 is 1.23 bits per heavy atom. The van der Waals surface area contributed by atoms with Crippen molar-refractivity contribution in [2.45, 2.75) is 12.8 Å². The van der Waals surface area contributed by atoms with Crippen molar-refractivity contribution in [3.8, 4) is 0 Å². The van der Waals surface area contributed by atoms with E-state index in [9.17, 15) is 0 Å². The van der Waals surface area contributed by atoms with Gasteiger partial charge in [0.1, 0.15) is 0 Å². The fourth-order valence-corrected chi connectivity index (χ4v) is 1.36. The zero-order valence-corrected chi connectivity index (χ0v) is 7.40. The van der Waals surface area contributed by atoms with Crippen molar-refractivity contribution in [2.75, 3.05) is 0 Å². The van der Waals surface area contributed by atoms with E-state index in [1.165, 1.54) is 5.57 Å². The second-order valence-corrected chi connectivity index (χ2v) is 2.98. The molecule has 1 aliphatic carbocycles. The average Bonchev–Trinajstić information content (AvgIpc) is 2.47. The molecule has 0 N–H and O–H groups in total. The number of rotatable bonds is 1. The molecule has 0 atom stereocenters. The van der Waals surface area contributed by atoms with Gasteiger partial charge in [-0.15, -0.1) is 5.73 Å². The SMILES string of the molecule is C1=CC=CC(C2=CCCC=C2)=NC=1. The van der Waals surface area contributed by atoms with Gasteiger partial charge in [-0.2, -0.15) is 0 Å². The molecule has 0 saturated carbocycles. The molecule has 0 saturated heterocycles. The lowest BCUT2D eigenvalue weighted by Crippen LogP contribution is -1.98. The van der Waals surface area contributed by atoms with Gasteiger partial charge in [0.15, 0.2) is 0 Å². The molecule has 0 amide bonds. The lowest BCUT2D eigenvalue weighted by molar-refractivity contribution is 1.03. The normalized spacial score (nSPS) is 19.7. The highest BCUT2D eigenvalue weighted by atomic mass is 14.7. The molecule has 0 aromatic carbocycles. The lowest BCUT2D eigenvalue weighted by Gasteiger charge is -2.05. The summed E-state index contributed by atoms with van der Waals surface area (Å²) in [4.78, 5) is 4.29. The van der Waals surface area contributed by atoms with Crippen molar-refractivity contribution in [2.24, 2.45) is 4.99 Å². The van der Waals surface area contributed by atoms with E-state index in [0.29, 0.717) is 0 Å². The van der Waals surface area contributed by atoms with Crippen LogP contribution in [-0.2, 0) is 0 Å². The third kappa shape index (κ3) is 1.95. The fraction of sp³-hybridized carbons (Fsp3) is 0.167. The third-order valence-corrected chi connectivity index (χ3v) is 2.02. The summed E-state index contributed by atoms with van der Waals surface area (Å²) in [7, 11) is 0. The maximum Gasteiger partial charge on any atom is 0.0706 e. The van der Waals surface area contributed by atoms with E-state index in [1.54, 1.807) is 6.20 Å². The summed E-state index contributed by atoms with van der Waals surface area (Å²) >= 11 is 0. The predicted molar refractivity (Wildman–Crippen MR) is 55.7 cm³/mol. The quantitative estimate of drug-likeness (QED) is 0.535. The Bertz CT molecular complexity index is 372. The van der Waals surface area contributed by atoms with Crippen molar-refractivity contribution in [3.05, 3.63) is 54.0 Å². The maximum atomic E-state index is 4.29. The summed E-state index contributed by atoms with van der Waals surface area (Å²) in [5.74, 6) is 0. The molecule has 1 heteroatoms. The smallest absolute Gasteiger partial charge is 0.0706 e. The molecular weight excluding hydrogens is 158 g/mol. The average molecular weight is 169 g/mol. The van der Waals surface area contributed by atoms with E-state index >= 15 is 0 Å². The van der Waals surface area contributed by atoms with Gasteiger partial charge in [-0.3, -0.25) is 0 Å². The number of aliphatic imine (C=N–C) groups is 1. The minimum atomic E-state index is 1.03. The monoisotopic (exact) mass is 169 g/mol. The summed E-state index contributed by atoms with van der Waals surface area (Å²) in [6.07, 6.45) is 16.4. The van der Waals surface area contributed by atoms with Crippen molar-refractivity contribution in [1.29, 1.82) is 0 Å². The van der Waals surface area contributed by atoms with E-state index in [1.807, 2.05) is 18.2 Å². The van der Waals surface area contributed by atoms with Gasteiger partial charge in [-0.1, -0.05) is 24.3 Å². The Balaban J connectivity index is 2.27. The molecule has 1 aliphatic heterocycles. The highest BCUT2D eigenvalue weighted by Crippen LogP contribution is 2.12. The van der Waals surface area contributed by atoms with Crippen molar-refractivity contribution in [3.63, 3.8) is 0 Å². The van der Waals surface area contributed by atoms with Crippen LogP contribution in [0.25, 0.3) is 0 Å². The fourth-order valence-electron chi connectivity index (χ4n) is 1.36. The Hall–Kier alpha value is -1.59. The van der Waals surface area contributed by atoms with E-state index in [0.717, 1.165) is 18.6 Å². The molecule has 0 aromatic rings. The lowest BCUT2D eigenvalue weighted by atomic mass is 10.0. The molecule has 0 radical (unpaired) electrons.